The van der Waals surface area contributed by atoms with E-state index in [1.165, 1.54) is 36.4 Å². The molecule has 0 N–H and O–H groups in total. The Kier molecular flexibility index (Phi) is 8.45. The lowest BCUT2D eigenvalue weighted by atomic mass is 10.1. The van der Waals surface area contributed by atoms with Crippen molar-refractivity contribution in [2.75, 3.05) is 6.61 Å². The van der Waals surface area contributed by atoms with E-state index in [1.54, 1.807) is 62.4 Å². The molecule has 192 valence electrons. The van der Waals surface area contributed by atoms with Crippen molar-refractivity contribution in [1.82, 2.24) is 0 Å². The number of esters is 1. The Bertz CT molecular complexity index is 1390. The summed E-state index contributed by atoms with van der Waals surface area (Å²) in [6, 6.07) is 25.3. The second-order valence-corrected chi connectivity index (χ2v) is 10.7. The highest BCUT2D eigenvalue weighted by atomic mass is 32.2. The quantitative estimate of drug-likeness (QED) is 0.147. The lowest BCUT2D eigenvalue weighted by molar-refractivity contribution is -0.154. The molecule has 0 amide bonds. The van der Waals surface area contributed by atoms with Gasteiger partial charge in [-0.05, 0) is 111 Å². The Morgan fingerprint density at radius 2 is 1.13 bits per heavy atom. The molecule has 4 aromatic carbocycles. The third-order valence-corrected chi connectivity index (χ3v) is 7.47. The Balaban J connectivity index is 1.41. The van der Waals surface area contributed by atoms with Gasteiger partial charge < -0.3 is 9.47 Å². The van der Waals surface area contributed by atoms with Crippen LogP contribution in [0.3, 0.4) is 0 Å². The first kappa shape index (κ1) is 26.9. The van der Waals surface area contributed by atoms with Crippen LogP contribution >= 0.6 is 0 Å². The van der Waals surface area contributed by atoms with E-state index in [1.807, 2.05) is 12.1 Å². The van der Waals surface area contributed by atoms with E-state index in [0.29, 0.717) is 11.3 Å². The Hall–Kier alpha value is -4.15. The van der Waals surface area contributed by atoms with Gasteiger partial charge in [-0.3, -0.25) is 0 Å². The third kappa shape index (κ3) is 7.44. The van der Waals surface area contributed by atoms with Crippen LogP contribution in [-0.4, -0.2) is 18.2 Å². The predicted molar refractivity (Wildman–Crippen MR) is 140 cm³/mol. The maximum absolute atomic E-state index is 13.5. The van der Waals surface area contributed by atoms with Gasteiger partial charge in [0.25, 0.3) is 0 Å². The predicted octanol–water partition coefficient (Wildman–Crippen LogP) is 6.95. The molecule has 0 aliphatic heterocycles. The van der Waals surface area contributed by atoms with E-state index in [0.717, 1.165) is 14.7 Å². The fourth-order valence-electron chi connectivity index (χ4n) is 3.46. The average molecular weight is 534 g/mol. The summed E-state index contributed by atoms with van der Waals surface area (Å²) >= 11 is 0. The van der Waals surface area contributed by atoms with Crippen LogP contribution in [-0.2, 0) is 20.4 Å². The van der Waals surface area contributed by atoms with Gasteiger partial charge in [-0.2, -0.15) is 0 Å². The molecular formula is C31H24F3O3S+. The molecule has 0 bridgehead atoms. The number of hydrogen-bond acceptors (Lipinski definition) is 3. The Morgan fingerprint density at radius 3 is 1.61 bits per heavy atom. The van der Waals surface area contributed by atoms with Crippen molar-refractivity contribution in [3.63, 3.8) is 0 Å². The standard InChI is InChI=1S/C31H24F3O3S/c1-31(2,20-19-22-3-5-23(32)6-4-22)37-30(35)21-36-26-11-17-29(18-12-26)38(27-13-7-24(33)8-14-27)28-15-9-25(34)10-16-28/h3-18H,21H2,1-2H3/q+1. The molecule has 0 atom stereocenters. The molecule has 0 aromatic heterocycles. The van der Waals surface area contributed by atoms with Crippen LogP contribution in [0, 0.1) is 29.3 Å². The van der Waals surface area contributed by atoms with E-state index in [2.05, 4.69) is 11.8 Å². The molecule has 0 aliphatic carbocycles. The van der Waals surface area contributed by atoms with Crippen LogP contribution in [0.1, 0.15) is 19.4 Å². The number of hydrogen-bond donors (Lipinski definition) is 0. The SMILES string of the molecule is CC(C)(C#Cc1ccc(F)cc1)OC(=O)COc1ccc([S+](c2ccc(F)cc2)c2ccc(F)cc2)cc1. The van der Waals surface area contributed by atoms with Gasteiger partial charge in [0.1, 0.15) is 23.2 Å². The van der Waals surface area contributed by atoms with E-state index in [9.17, 15) is 18.0 Å². The van der Waals surface area contributed by atoms with Gasteiger partial charge in [-0.1, -0.05) is 11.8 Å². The number of benzene rings is 4. The molecule has 0 heterocycles. The maximum atomic E-state index is 13.5. The van der Waals surface area contributed by atoms with Crippen molar-refractivity contribution in [2.24, 2.45) is 0 Å². The van der Waals surface area contributed by atoms with Crippen molar-refractivity contribution >= 4 is 16.9 Å². The highest BCUT2D eigenvalue weighted by Gasteiger charge is 2.29. The van der Waals surface area contributed by atoms with Gasteiger partial charge in [-0.25, -0.2) is 18.0 Å². The van der Waals surface area contributed by atoms with Crippen LogP contribution in [0.4, 0.5) is 13.2 Å². The monoisotopic (exact) mass is 533 g/mol. The lowest BCUT2D eigenvalue weighted by Gasteiger charge is -2.19. The summed E-state index contributed by atoms with van der Waals surface area (Å²) in [5, 5.41) is 0. The van der Waals surface area contributed by atoms with Crippen molar-refractivity contribution in [3.8, 4) is 17.6 Å². The lowest BCUT2D eigenvalue weighted by Crippen LogP contribution is -2.29. The second-order valence-electron chi connectivity index (χ2n) is 8.72. The van der Waals surface area contributed by atoms with Crippen molar-refractivity contribution in [2.45, 2.75) is 34.1 Å². The first-order valence-corrected chi connectivity index (χ1v) is 12.9. The topological polar surface area (TPSA) is 35.5 Å². The number of carbonyl (C=O) groups excluding carboxylic acids is 1. The fourth-order valence-corrected chi connectivity index (χ4v) is 5.50. The first-order valence-electron chi connectivity index (χ1n) is 11.7. The molecule has 4 rings (SSSR count). The van der Waals surface area contributed by atoms with Crippen molar-refractivity contribution in [1.29, 1.82) is 0 Å². The molecule has 3 nitrogen and oxygen atoms in total. The molecule has 0 radical (unpaired) electrons. The third-order valence-electron chi connectivity index (χ3n) is 5.24. The second kappa shape index (κ2) is 11.9. The van der Waals surface area contributed by atoms with Gasteiger partial charge in [0.05, 0.1) is 10.9 Å². The van der Waals surface area contributed by atoms with Crippen LogP contribution in [0.15, 0.2) is 112 Å². The summed E-state index contributed by atoms with van der Waals surface area (Å²) in [6.07, 6.45) is 0. The zero-order valence-corrected chi connectivity index (χ0v) is 21.5. The maximum Gasteiger partial charge on any atom is 0.345 e. The molecule has 0 fully saturated rings. The molecule has 4 aromatic rings. The number of carbonyl (C=O) groups is 1. The smallest absolute Gasteiger partial charge is 0.345 e. The normalized spacial score (nSPS) is 11.0. The van der Waals surface area contributed by atoms with Crippen molar-refractivity contribution < 1.29 is 27.4 Å². The number of ether oxygens (including phenoxy) is 2. The largest absolute Gasteiger partial charge is 0.482 e. The number of halogens is 3. The molecule has 0 unspecified atom stereocenters. The zero-order valence-electron chi connectivity index (χ0n) is 20.7. The summed E-state index contributed by atoms with van der Waals surface area (Å²) in [4.78, 5) is 15.0. The van der Waals surface area contributed by atoms with Crippen molar-refractivity contribution in [3.05, 3.63) is 120 Å². The van der Waals surface area contributed by atoms with E-state index in [4.69, 9.17) is 9.47 Å². The molecule has 0 spiro atoms. The van der Waals surface area contributed by atoms with E-state index < -0.39 is 22.5 Å². The minimum Gasteiger partial charge on any atom is -0.482 e. The minimum atomic E-state index is -1.07. The zero-order chi connectivity index (χ0) is 27.1. The van der Waals surface area contributed by atoms with Crippen LogP contribution in [0.2, 0.25) is 0 Å². The van der Waals surface area contributed by atoms with Gasteiger partial charge in [-0.15, -0.1) is 0 Å². The van der Waals surface area contributed by atoms with Crippen LogP contribution in [0.25, 0.3) is 0 Å². The number of rotatable bonds is 7. The molecule has 0 aliphatic rings. The van der Waals surface area contributed by atoms with E-state index >= 15 is 0 Å². The van der Waals surface area contributed by atoms with Crippen LogP contribution in [0.5, 0.6) is 5.75 Å². The van der Waals surface area contributed by atoms with Crippen LogP contribution < -0.4 is 4.74 Å². The van der Waals surface area contributed by atoms with Gasteiger partial charge >= 0.3 is 5.97 Å². The fraction of sp³-hybridized carbons (Fsp3) is 0.129. The summed E-state index contributed by atoms with van der Waals surface area (Å²) in [6.45, 7) is 2.99. The summed E-state index contributed by atoms with van der Waals surface area (Å²) < 4.78 is 51.1. The highest BCUT2D eigenvalue weighted by Crippen LogP contribution is 2.32. The molecule has 0 saturated carbocycles. The van der Waals surface area contributed by atoms with Gasteiger partial charge in [0.15, 0.2) is 26.9 Å². The van der Waals surface area contributed by atoms with Gasteiger partial charge in [0.2, 0.25) is 0 Å². The van der Waals surface area contributed by atoms with Gasteiger partial charge in [0, 0.05) is 5.56 Å². The highest BCUT2D eigenvalue weighted by molar-refractivity contribution is 7.97. The molecule has 0 saturated heterocycles. The summed E-state index contributed by atoms with van der Waals surface area (Å²) in [5.41, 5.74) is -0.468. The first-order chi connectivity index (χ1) is 18.2. The minimum absolute atomic E-state index is 0.317. The average Bonchev–Trinajstić information content (AvgIpc) is 2.90. The summed E-state index contributed by atoms with van der Waals surface area (Å²) in [5.74, 6) is 4.57. The summed E-state index contributed by atoms with van der Waals surface area (Å²) in [7, 11) is -0.602. The molecular weight excluding hydrogens is 509 g/mol. The Labute approximate surface area is 222 Å². The Morgan fingerprint density at radius 1 is 0.711 bits per heavy atom. The molecule has 7 heteroatoms. The van der Waals surface area contributed by atoms with E-state index in [-0.39, 0.29) is 24.1 Å². The molecule has 38 heavy (non-hydrogen) atoms.